The molecule has 0 aliphatic carbocycles. The number of anilines is 1. The second-order valence-electron chi connectivity index (χ2n) is 4.05. The van der Waals surface area contributed by atoms with Gasteiger partial charge in [-0.3, -0.25) is 0 Å². The topological polar surface area (TPSA) is 43.0 Å². The molecule has 2 aromatic heterocycles. The maximum Gasteiger partial charge on any atom is 0.164 e. The van der Waals surface area contributed by atoms with Crippen LogP contribution >= 0.6 is 22.6 Å². The smallest absolute Gasteiger partial charge is 0.164 e. The molecule has 2 heterocycles. The number of nitrogens with zero attached hydrogens (tertiary/aromatic N) is 2. The molecular weight excluding hydrogens is 353 g/mol. The van der Waals surface area contributed by atoms with Gasteiger partial charge in [-0.2, -0.15) is 0 Å². The molecule has 0 spiro atoms. The average molecular weight is 365 g/mol. The van der Waals surface area contributed by atoms with E-state index < -0.39 is 0 Å². The first kappa shape index (κ1) is 12.3. The molecule has 4 nitrogen and oxygen atoms in total. The van der Waals surface area contributed by atoms with Gasteiger partial charge < -0.3 is 14.3 Å². The minimum absolute atomic E-state index is 0.661. The quantitative estimate of drug-likeness (QED) is 0.718. The third-order valence-corrected chi connectivity index (χ3v) is 3.35. The molecule has 1 aromatic carbocycles. The van der Waals surface area contributed by atoms with Crippen molar-refractivity contribution in [2.45, 2.75) is 6.54 Å². The van der Waals surface area contributed by atoms with Gasteiger partial charge in [-0.15, -0.1) is 0 Å². The maximum atomic E-state index is 5.54. The summed E-state index contributed by atoms with van der Waals surface area (Å²) in [6.45, 7) is 0.661. The van der Waals surface area contributed by atoms with Gasteiger partial charge in [0.2, 0.25) is 0 Å². The van der Waals surface area contributed by atoms with Crippen molar-refractivity contribution in [2.24, 2.45) is 0 Å². The van der Waals surface area contributed by atoms with Gasteiger partial charge >= 0.3 is 0 Å². The molecule has 0 amide bonds. The van der Waals surface area contributed by atoms with Crippen molar-refractivity contribution in [3.05, 3.63) is 64.6 Å². The number of halogens is 1. The molecule has 0 bridgehead atoms. The summed E-state index contributed by atoms with van der Waals surface area (Å²) in [5, 5.41) is 3.39. The Balaban J connectivity index is 1.81. The normalized spacial score (nSPS) is 10.6. The van der Waals surface area contributed by atoms with Gasteiger partial charge in [0.1, 0.15) is 5.76 Å². The number of benzene rings is 1. The standard InChI is InChI=1S/C14H12IN3O/c15-14-6-5-11(19-14)9-17-12-3-1-2-4-13(12)18-8-7-16-10-18/h1-8,10,17H,9H2. The predicted molar refractivity (Wildman–Crippen MR) is 82.3 cm³/mol. The highest BCUT2D eigenvalue weighted by Gasteiger charge is 2.04. The van der Waals surface area contributed by atoms with Crippen LogP contribution in [0.15, 0.2) is 59.5 Å². The Morgan fingerprint density at radius 3 is 2.84 bits per heavy atom. The fraction of sp³-hybridized carbons (Fsp3) is 0.0714. The van der Waals surface area contributed by atoms with Crippen molar-refractivity contribution < 1.29 is 4.42 Å². The van der Waals surface area contributed by atoms with E-state index in [1.807, 2.05) is 41.1 Å². The maximum absolute atomic E-state index is 5.54. The Bertz CT molecular complexity index is 661. The van der Waals surface area contributed by atoms with Crippen molar-refractivity contribution in [1.29, 1.82) is 0 Å². The van der Waals surface area contributed by atoms with E-state index in [0.29, 0.717) is 6.54 Å². The van der Waals surface area contributed by atoms with E-state index in [2.05, 4.69) is 39.0 Å². The van der Waals surface area contributed by atoms with Crippen molar-refractivity contribution in [1.82, 2.24) is 9.55 Å². The molecule has 96 valence electrons. The summed E-state index contributed by atoms with van der Waals surface area (Å²) in [7, 11) is 0. The van der Waals surface area contributed by atoms with Crippen molar-refractivity contribution >= 4 is 28.3 Å². The fourth-order valence-corrected chi connectivity index (χ4v) is 2.34. The Labute approximate surface area is 124 Å². The molecule has 19 heavy (non-hydrogen) atoms. The summed E-state index contributed by atoms with van der Waals surface area (Å²) in [6.07, 6.45) is 5.48. The molecule has 0 atom stereocenters. The van der Waals surface area contributed by atoms with Crippen LogP contribution in [0.5, 0.6) is 0 Å². The number of hydrogen-bond donors (Lipinski definition) is 1. The number of nitrogens with one attached hydrogen (secondary N) is 1. The van der Waals surface area contributed by atoms with E-state index in [1.54, 1.807) is 12.5 Å². The van der Waals surface area contributed by atoms with Crippen LogP contribution in [-0.2, 0) is 6.54 Å². The predicted octanol–water partition coefficient (Wildman–Crippen LogP) is 3.68. The van der Waals surface area contributed by atoms with Gasteiger partial charge in [-0.25, -0.2) is 4.98 Å². The lowest BCUT2D eigenvalue weighted by Crippen LogP contribution is -2.02. The summed E-state index contributed by atoms with van der Waals surface area (Å²) in [4.78, 5) is 4.08. The first-order chi connectivity index (χ1) is 9.33. The Hall–Kier alpha value is -1.76. The van der Waals surface area contributed by atoms with Crippen molar-refractivity contribution in [3.63, 3.8) is 0 Å². The Morgan fingerprint density at radius 2 is 2.11 bits per heavy atom. The van der Waals surface area contributed by atoms with Crippen LogP contribution in [0.25, 0.3) is 5.69 Å². The number of aromatic nitrogens is 2. The summed E-state index contributed by atoms with van der Waals surface area (Å²) in [6, 6.07) is 12.1. The summed E-state index contributed by atoms with van der Waals surface area (Å²) >= 11 is 2.16. The number of imidazole rings is 1. The van der Waals surface area contributed by atoms with E-state index in [1.165, 1.54) is 0 Å². The summed E-state index contributed by atoms with van der Waals surface area (Å²) < 4.78 is 8.42. The first-order valence-corrected chi connectivity index (χ1v) is 6.96. The van der Waals surface area contributed by atoms with Gasteiger partial charge in [0.05, 0.1) is 24.2 Å². The highest BCUT2D eigenvalue weighted by molar-refractivity contribution is 14.1. The lowest BCUT2D eigenvalue weighted by molar-refractivity contribution is 0.493. The van der Waals surface area contributed by atoms with Crippen molar-refractivity contribution in [2.75, 3.05) is 5.32 Å². The van der Waals surface area contributed by atoms with Gasteiger partial charge in [-0.1, -0.05) is 12.1 Å². The zero-order valence-corrected chi connectivity index (χ0v) is 12.2. The first-order valence-electron chi connectivity index (χ1n) is 5.88. The SMILES string of the molecule is Ic1ccc(CNc2ccccc2-n2ccnc2)o1. The zero-order valence-electron chi connectivity index (χ0n) is 10.1. The van der Waals surface area contributed by atoms with Crippen LogP contribution in [0.2, 0.25) is 0 Å². The van der Waals surface area contributed by atoms with E-state index in [0.717, 1.165) is 20.9 Å². The van der Waals surface area contributed by atoms with E-state index in [-0.39, 0.29) is 0 Å². The number of para-hydroxylation sites is 2. The third-order valence-electron chi connectivity index (χ3n) is 2.77. The van der Waals surface area contributed by atoms with Crippen LogP contribution in [0.1, 0.15) is 5.76 Å². The van der Waals surface area contributed by atoms with Crippen LogP contribution in [0, 0.1) is 3.77 Å². The Morgan fingerprint density at radius 1 is 1.21 bits per heavy atom. The molecular formula is C14H12IN3O. The van der Waals surface area contributed by atoms with Crippen LogP contribution in [0.3, 0.4) is 0 Å². The average Bonchev–Trinajstić information content (AvgIpc) is 3.08. The summed E-state index contributed by atoms with van der Waals surface area (Å²) in [5.74, 6) is 0.921. The lowest BCUT2D eigenvalue weighted by atomic mass is 10.2. The molecule has 0 aliphatic rings. The van der Waals surface area contributed by atoms with Crippen molar-refractivity contribution in [3.8, 4) is 5.69 Å². The zero-order chi connectivity index (χ0) is 13.1. The monoisotopic (exact) mass is 365 g/mol. The summed E-state index contributed by atoms with van der Waals surface area (Å²) in [5.41, 5.74) is 2.12. The van der Waals surface area contributed by atoms with E-state index >= 15 is 0 Å². The minimum Gasteiger partial charge on any atom is -0.454 e. The van der Waals surface area contributed by atoms with Gasteiger partial charge in [-0.05, 0) is 46.9 Å². The fourth-order valence-electron chi connectivity index (χ4n) is 1.88. The molecule has 0 saturated carbocycles. The van der Waals surface area contributed by atoms with Crippen LogP contribution in [-0.4, -0.2) is 9.55 Å². The highest BCUT2D eigenvalue weighted by atomic mass is 127. The lowest BCUT2D eigenvalue weighted by Gasteiger charge is -2.11. The molecule has 0 saturated heterocycles. The van der Waals surface area contributed by atoms with Gasteiger partial charge in [0.25, 0.3) is 0 Å². The molecule has 0 unspecified atom stereocenters. The second-order valence-corrected chi connectivity index (χ2v) is 5.11. The van der Waals surface area contributed by atoms with Crippen LogP contribution in [0.4, 0.5) is 5.69 Å². The van der Waals surface area contributed by atoms with E-state index in [4.69, 9.17) is 4.42 Å². The molecule has 5 heteroatoms. The largest absolute Gasteiger partial charge is 0.454 e. The molecule has 0 fully saturated rings. The highest BCUT2D eigenvalue weighted by Crippen LogP contribution is 2.20. The molecule has 1 N–H and O–H groups in total. The third kappa shape index (κ3) is 2.81. The Kier molecular flexibility index (Phi) is 3.54. The minimum atomic E-state index is 0.661. The molecule has 0 radical (unpaired) electrons. The van der Waals surface area contributed by atoms with Gasteiger partial charge in [0.15, 0.2) is 3.77 Å². The molecule has 0 aliphatic heterocycles. The van der Waals surface area contributed by atoms with Crippen LogP contribution < -0.4 is 5.32 Å². The number of rotatable bonds is 4. The number of furan rings is 1. The van der Waals surface area contributed by atoms with Gasteiger partial charge in [0, 0.05) is 12.4 Å². The number of hydrogen-bond acceptors (Lipinski definition) is 3. The van der Waals surface area contributed by atoms with E-state index in [9.17, 15) is 0 Å². The molecule has 3 aromatic rings. The molecule has 3 rings (SSSR count). The second kappa shape index (κ2) is 5.48.